The number of para-hydroxylation sites is 2. The lowest BCUT2D eigenvalue weighted by atomic mass is 10.2. The van der Waals surface area contributed by atoms with Crippen LogP contribution in [0.15, 0.2) is 54.6 Å². The monoisotopic (exact) mass is 343 g/mol. The minimum absolute atomic E-state index is 0.400. The number of esters is 1. The minimum atomic E-state index is -0.697. The number of nitrogens with one attached hydrogen (secondary N) is 1. The van der Waals surface area contributed by atoms with Gasteiger partial charge in [-0.25, -0.2) is 9.18 Å². The van der Waals surface area contributed by atoms with Gasteiger partial charge in [-0.3, -0.25) is 4.79 Å². The molecule has 5 nitrogen and oxygen atoms in total. The van der Waals surface area contributed by atoms with Gasteiger partial charge in [0.25, 0.3) is 5.91 Å². The maximum absolute atomic E-state index is 13.0. The summed E-state index contributed by atoms with van der Waals surface area (Å²) < 4.78 is 23.3. The Morgan fingerprint density at radius 1 is 1.16 bits per heavy atom. The number of hydrogen-bond acceptors (Lipinski definition) is 4. The number of anilines is 1. The van der Waals surface area contributed by atoms with Gasteiger partial charge in [-0.05, 0) is 42.8 Å². The van der Waals surface area contributed by atoms with Crippen LogP contribution in [0.5, 0.6) is 5.75 Å². The van der Waals surface area contributed by atoms with Crippen molar-refractivity contribution in [2.45, 2.75) is 6.92 Å². The average molecular weight is 343 g/mol. The summed E-state index contributed by atoms with van der Waals surface area (Å²) in [5, 5.41) is 2.62. The average Bonchev–Trinajstić information content (AvgIpc) is 2.60. The van der Waals surface area contributed by atoms with Gasteiger partial charge in [-0.2, -0.15) is 0 Å². The summed E-state index contributed by atoms with van der Waals surface area (Å²) in [6, 6.07) is 12.7. The molecule has 0 saturated carbocycles. The maximum atomic E-state index is 13.0. The molecule has 0 heterocycles. The molecule has 6 heteroatoms. The molecule has 130 valence electrons. The molecule has 0 aliphatic heterocycles. The highest BCUT2D eigenvalue weighted by atomic mass is 19.1. The number of amides is 1. The highest BCUT2D eigenvalue weighted by Crippen LogP contribution is 2.23. The fourth-order valence-corrected chi connectivity index (χ4v) is 2.00. The van der Waals surface area contributed by atoms with Crippen LogP contribution in [0.2, 0.25) is 0 Å². The molecule has 0 unspecified atom stereocenters. The van der Waals surface area contributed by atoms with Crippen molar-refractivity contribution < 1.29 is 23.5 Å². The second kappa shape index (κ2) is 9.22. The van der Waals surface area contributed by atoms with Crippen LogP contribution in [-0.4, -0.2) is 25.1 Å². The van der Waals surface area contributed by atoms with Crippen LogP contribution in [0.25, 0.3) is 6.08 Å². The lowest BCUT2D eigenvalue weighted by Crippen LogP contribution is -2.20. The highest BCUT2D eigenvalue weighted by Gasteiger charge is 2.09. The molecular weight excluding hydrogens is 325 g/mol. The van der Waals surface area contributed by atoms with Crippen LogP contribution in [0.3, 0.4) is 0 Å². The number of halogens is 1. The summed E-state index contributed by atoms with van der Waals surface area (Å²) in [5.74, 6) is -1.05. The zero-order valence-corrected chi connectivity index (χ0v) is 13.7. The summed E-state index contributed by atoms with van der Waals surface area (Å²) >= 11 is 0. The third kappa shape index (κ3) is 6.10. The molecule has 0 fully saturated rings. The molecule has 2 aromatic carbocycles. The smallest absolute Gasteiger partial charge is 0.331 e. The molecule has 2 rings (SSSR count). The van der Waals surface area contributed by atoms with Crippen molar-refractivity contribution in [1.82, 2.24) is 0 Å². The Morgan fingerprint density at radius 3 is 2.72 bits per heavy atom. The summed E-state index contributed by atoms with van der Waals surface area (Å²) in [6.45, 7) is 1.87. The Kier molecular flexibility index (Phi) is 6.71. The summed E-state index contributed by atoms with van der Waals surface area (Å²) in [4.78, 5) is 23.5. The first-order valence-electron chi connectivity index (χ1n) is 7.70. The number of hydrogen-bond donors (Lipinski definition) is 1. The molecule has 0 aliphatic rings. The molecular formula is C19H18FNO4. The van der Waals surface area contributed by atoms with E-state index in [-0.39, 0.29) is 0 Å². The standard InChI is InChI=1S/C19H18FNO4/c1-2-24-17-9-4-3-8-16(17)21-18(22)13-25-19(23)11-10-14-6-5-7-15(20)12-14/h3-12H,2,13H2,1H3,(H,21,22)/b11-10+. The Morgan fingerprint density at radius 2 is 1.96 bits per heavy atom. The molecule has 0 saturated heterocycles. The predicted octanol–water partition coefficient (Wildman–Crippen LogP) is 3.42. The van der Waals surface area contributed by atoms with Crippen molar-refractivity contribution in [2.75, 3.05) is 18.5 Å². The van der Waals surface area contributed by atoms with E-state index < -0.39 is 24.3 Å². The first kappa shape index (κ1) is 18.2. The lowest BCUT2D eigenvalue weighted by Gasteiger charge is -2.11. The molecule has 25 heavy (non-hydrogen) atoms. The largest absolute Gasteiger partial charge is 0.492 e. The van der Waals surface area contributed by atoms with Crippen LogP contribution in [-0.2, 0) is 14.3 Å². The zero-order valence-electron chi connectivity index (χ0n) is 13.7. The van der Waals surface area contributed by atoms with E-state index in [9.17, 15) is 14.0 Å². The van der Waals surface area contributed by atoms with Crippen LogP contribution in [0.4, 0.5) is 10.1 Å². The van der Waals surface area contributed by atoms with Crippen molar-refractivity contribution in [3.63, 3.8) is 0 Å². The second-order valence-electron chi connectivity index (χ2n) is 4.97. The van der Waals surface area contributed by atoms with Crippen molar-refractivity contribution in [3.8, 4) is 5.75 Å². The molecule has 0 radical (unpaired) electrons. The van der Waals surface area contributed by atoms with Gasteiger partial charge in [-0.1, -0.05) is 24.3 Å². The van der Waals surface area contributed by atoms with Gasteiger partial charge in [-0.15, -0.1) is 0 Å². The van der Waals surface area contributed by atoms with Gasteiger partial charge >= 0.3 is 5.97 Å². The fraction of sp³-hybridized carbons (Fsp3) is 0.158. The normalized spacial score (nSPS) is 10.5. The zero-order chi connectivity index (χ0) is 18.1. The minimum Gasteiger partial charge on any atom is -0.492 e. The predicted molar refractivity (Wildman–Crippen MR) is 92.6 cm³/mol. The molecule has 0 atom stereocenters. The van der Waals surface area contributed by atoms with Gasteiger partial charge in [0, 0.05) is 6.08 Å². The molecule has 1 amide bonds. The molecule has 0 aromatic heterocycles. The van der Waals surface area contributed by atoms with Crippen molar-refractivity contribution >= 4 is 23.6 Å². The summed E-state index contributed by atoms with van der Waals surface area (Å²) in [5.41, 5.74) is 1.02. The summed E-state index contributed by atoms with van der Waals surface area (Å²) in [6.07, 6.45) is 2.55. The quantitative estimate of drug-likeness (QED) is 0.618. The van der Waals surface area contributed by atoms with Crippen LogP contribution in [0.1, 0.15) is 12.5 Å². The molecule has 1 N–H and O–H groups in total. The van der Waals surface area contributed by atoms with E-state index in [1.807, 2.05) is 6.92 Å². The van der Waals surface area contributed by atoms with Gasteiger partial charge in [0.2, 0.25) is 0 Å². The Hall–Kier alpha value is -3.15. The van der Waals surface area contributed by atoms with E-state index in [4.69, 9.17) is 9.47 Å². The van der Waals surface area contributed by atoms with E-state index in [2.05, 4.69) is 5.32 Å². The van der Waals surface area contributed by atoms with Gasteiger partial charge in [0.1, 0.15) is 11.6 Å². The Bertz CT molecular complexity index is 774. The van der Waals surface area contributed by atoms with Crippen molar-refractivity contribution in [1.29, 1.82) is 0 Å². The highest BCUT2D eigenvalue weighted by molar-refractivity contribution is 5.95. The molecule has 0 aliphatic carbocycles. The number of ether oxygens (including phenoxy) is 2. The van der Waals surface area contributed by atoms with Crippen molar-refractivity contribution in [2.24, 2.45) is 0 Å². The second-order valence-corrected chi connectivity index (χ2v) is 4.97. The Balaban J connectivity index is 1.84. The first-order chi connectivity index (χ1) is 12.1. The summed E-state index contributed by atoms with van der Waals surface area (Å²) in [7, 11) is 0. The fourth-order valence-electron chi connectivity index (χ4n) is 2.00. The number of benzene rings is 2. The number of carbonyl (C=O) groups excluding carboxylic acids is 2. The van der Waals surface area contributed by atoms with E-state index in [1.165, 1.54) is 24.3 Å². The van der Waals surface area contributed by atoms with Crippen LogP contribution in [0, 0.1) is 5.82 Å². The van der Waals surface area contributed by atoms with E-state index in [0.29, 0.717) is 23.6 Å². The molecule has 0 bridgehead atoms. The molecule has 0 spiro atoms. The first-order valence-corrected chi connectivity index (χ1v) is 7.70. The van der Waals surface area contributed by atoms with Crippen LogP contribution >= 0.6 is 0 Å². The lowest BCUT2D eigenvalue weighted by molar-refractivity contribution is -0.142. The maximum Gasteiger partial charge on any atom is 0.331 e. The van der Waals surface area contributed by atoms with E-state index >= 15 is 0 Å². The van der Waals surface area contributed by atoms with Gasteiger partial charge in [0.15, 0.2) is 6.61 Å². The van der Waals surface area contributed by atoms with Gasteiger partial charge < -0.3 is 14.8 Å². The number of carbonyl (C=O) groups is 2. The topological polar surface area (TPSA) is 64.6 Å². The Labute approximate surface area is 145 Å². The van der Waals surface area contributed by atoms with Crippen molar-refractivity contribution in [3.05, 3.63) is 66.0 Å². The SMILES string of the molecule is CCOc1ccccc1NC(=O)COC(=O)/C=C/c1cccc(F)c1. The van der Waals surface area contributed by atoms with E-state index in [1.54, 1.807) is 30.3 Å². The molecule has 2 aromatic rings. The third-order valence-corrected chi connectivity index (χ3v) is 3.07. The van der Waals surface area contributed by atoms with E-state index in [0.717, 1.165) is 6.08 Å². The third-order valence-electron chi connectivity index (χ3n) is 3.07. The number of rotatable bonds is 7. The van der Waals surface area contributed by atoms with Crippen LogP contribution < -0.4 is 10.1 Å². The van der Waals surface area contributed by atoms with Gasteiger partial charge in [0.05, 0.1) is 12.3 Å².